The van der Waals surface area contributed by atoms with Crippen LogP contribution in [0.25, 0.3) is 11.0 Å². The monoisotopic (exact) mass is 598 g/mol. The number of nitrogens with one attached hydrogen (secondary N) is 1. The van der Waals surface area contributed by atoms with Gasteiger partial charge >= 0.3 is 0 Å². The highest BCUT2D eigenvalue weighted by Crippen LogP contribution is 2.40. The van der Waals surface area contributed by atoms with Crippen LogP contribution in [-0.2, 0) is 24.3 Å². The lowest BCUT2D eigenvalue weighted by Crippen LogP contribution is -2.43. The normalized spacial score (nSPS) is 19.4. The molecular weight excluding hydrogens is 556 g/mol. The lowest BCUT2D eigenvalue weighted by Gasteiger charge is -2.35. The highest BCUT2D eigenvalue weighted by atomic mass is 16.2. The van der Waals surface area contributed by atoms with Gasteiger partial charge in [0.15, 0.2) is 0 Å². The van der Waals surface area contributed by atoms with Crippen molar-refractivity contribution >= 4 is 22.9 Å². The minimum absolute atomic E-state index is 0.319. The topological polar surface area (TPSA) is 66.3 Å². The van der Waals surface area contributed by atoms with E-state index in [2.05, 4.69) is 116 Å². The number of rotatable bonds is 11. The Bertz CT molecular complexity index is 1700. The first-order valence-corrected chi connectivity index (χ1v) is 16.4. The Morgan fingerprint density at radius 1 is 0.756 bits per heavy atom. The van der Waals surface area contributed by atoms with Crippen molar-refractivity contribution in [2.75, 3.05) is 31.5 Å². The lowest BCUT2D eigenvalue weighted by molar-refractivity contribution is -0.137. The van der Waals surface area contributed by atoms with E-state index in [-0.39, 0.29) is 5.41 Å². The molecule has 4 heterocycles. The zero-order chi connectivity index (χ0) is 30.5. The highest BCUT2D eigenvalue weighted by molar-refractivity contribution is 5.85. The van der Waals surface area contributed by atoms with E-state index in [9.17, 15) is 4.79 Å². The van der Waals surface area contributed by atoms with Gasteiger partial charge in [-0.25, -0.2) is 4.98 Å². The van der Waals surface area contributed by atoms with Crippen LogP contribution in [0.1, 0.15) is 42.4 Å². The van der Waals surface area contributed by atoms with Gasteiger partial charge in [-0.15, -0.1) is 0 Å². The van der Waals surface area contributed by atoms with Crippen LogP contribution < -0.4 is 5.32 Å². The number of nitrogens with zero attached hydrogens (tertiary/aromatic N) is 5. The molecule has 0 radical (unpaired) electrons. The standard InChI is InChI=1S/C38H42N6O/c45-36-38(27-30-9-3-1-4-10-30,20-26-43(36)28-31-11-5-2-6-12-31)19-25-42-23-17-33(18-24-42)40-37-41-34-13-7-8-14-35(34)44(37)29-32-15-21-39-22-16-32/h1-16,21-22,33H,17-20,23-29H2,(H,40,41). The van der Waals surface area contributed by atoms with E-state index < -0.39 is 0 Å². The van der Waals surface area contributed by atoms with Crippen molar-refractivity contribution in [2.24, 2.45) is 5.41 Å². The molecule has 1 unspecified atom stereocenters. The number of pyridine rings is 1. The van der Waals surface area contributed by atoms with E-state index >= 15 is 0 Å². The lowest BCUT2D eigenvalue weighted by atomic mass is 9.77. The van der Waals surface area contributed by atoms with Crippen LogP contribution in [0.3, 0.4) is 0 Å². The van der Waals surface area contributed by atoms with Gasteiger partial charge < -0.3 is 19.7 Å². The molecule has 3 aromatic carbocycles. The molecule has 7 rings (SSSR count). The van der Waals surface area contributed by atoms with Gasteiger partial charge in [0.25, 0.3) is 0 Å². The second kappa shape index (κ2) is 13.2. The Labute approximate surface area is 265 Å². The predicted octanol–water partition coefficient (Wildman–Crippen LogP) is 6.41. The molecule has 5 aromatic rings. The zero-order valence-electron chi connectivity index (χ0n) is 25.9. The van der Waals surface area contributed by atoms with Crippen molar-refractivity contribution in [1.29, 1.82) is 0 Å². The molecule has 230 valence electrons. The van der Waals surface area contributed by atoms with E-state index in [0.29, 0.717) is 18.5 Å². The third-order valence-corrected chi connectivity index (χ3v) is 9.77. The summed E-state index contributed by atoms with van der Waals surface area (Å²) >= 11 is 0. The molecule has 2 fully saturated rings. The summed E-state index contributed by atoms with van der Waals surface area (Å²) in [5, 5.41) is 3.80. The number of hydrogen-bond donors (Lipinski definition) is 1. The smallest absolute Gasteiger partial charge is 0.229 e. The van der Waals surface area contributed by atoms with Gasteiger partial charge in [0, 0.05) is 44.6 Å². The van der Waals surface area contributed by atoms with Crippen LogP contribution >= 0.6 is 0 Å². The molecule has 1 N–H and O–H groups in total. The van der Waals surface area contributed by atoms with Crippen LogP contribution in [0.2, 0.25) is 0 Å². The van der Waals surface area contributed by atoms with Crippen molar-refractivity contribution in [1.82, 2.24) is 24.3 Å². The Balaban J connectivity index is 1.000. The van der Waals surface area contributed by atoms with Crippen LogP contribution in [0.15, 0.2) is 109 Å². The summed E-state index contributed by atoms with van der Waals surface area (Å²) in [5.74, 6) is 1.25. The molecule has 2 saturated heterocycles. The average molecular weight is 599 g/mol. The first kappa shape index (κ1) is 29.2. The van der Waals surface area contributed by atoms with Crippen LogP contribution in [0.5, 0.6) is 0 Å². The maximum absolute atomic E-state index is 14.1. The third-order valence-electron chi connectivity index (χ3n) is 9.77. The Morgan fingerprint density at radius 2 is 1.42 bits per heavy atom. The summed E-state index contributed by atoms with van der Waals surface area (Å²) in [5.41, 5.74) is 5.47. The molecule has 45 heavy (non-hydrogen) atoms. The summed E-state index contributed by atoms with van der Waals surface area (Å²) in [6.45, 7) is 5.26. The fraction of sp³-hybridized carbons (Fsp3) is 0.342. The van der Waals surface area contributed by atoms with Gasteiger partial charge in [-0.3, -0.25) is 9.78 Å². The SMILES string of the molecule is O=C1N(Cc2ccccc2)CCC1(CCN1CCC(Nc2nc3ccccc3n2Cc2ccncc2)CC1)Cc1ccccc1. The molecule has 2 aliphatic heterocycles. The number of piperidine rings is 1. The number of aromatic nitrogens is 3. The molecule has 0 saturated carbocycles. The first-order chi connectivity index (χ1) is 22.1. The van der Waals surface area contributed by atoms with Gasteiger partial charge in [-0.05, 0) is 79.6 Å². The predicted molar refractivity (Wildman–Crippen MR) is 180 cm³/mol. The summed E-state index contributed by atoms with van der Waals surface area (Å²) in [6.07, 6.45) is 8.42. The average Bonchev–Trinajstić information content (AvgIpc) is 3.58. The van der Waals surface area contributed by atoms with Crippen molar-refractivity contribution < 1.29 is 4.79 Å². The first-order valence-electron chi connectivity index (χ1n) is 16.4. The Morgan fingerprint density at radius 3 is 2.18 bits per heavy atom. The van der Waals surface area contributed by atoms with Gasteiger partial charge in [-0.1, -0.05) is 72.8 Å². The van der Waals surface area contributed by atoms with Crippen molar-refractivity contribution in [2.45, 2.75) is 51.2 Å². The Hall–Kier alpha value is -4.49. The number of para-hydroxylation sites is 2. The molecule has 2 aliphatic rings. The largest absolute Gasteiger partial charge is 0.353 e. The second-order valence-corrected chi connectivity index (χ2v) is 12.8. The number of hydrogen-bond acceptors (Lipinski definition) is 5. The summed E-state index contributed by atoms with van der Waals surface area (Å²) in [7, 11) is 0. The number of amides is 1. The summed E-state index contributed by atoms with van der Waals surface area (Å²) in [6, 6.07) is 33.8. The Kier molecular flexibility index (Phi) is 8.61. The summed E-state index contributed by atoms with van der Waals surface area (Å²) in [4.78, 5) is 27.9. The van der Waals surface area contributed by atoms with E-state index in [1.165, 1.54) is 16.7 Å². The molecule has 2 aromatic heterocycles. The molecule has 1 atom stereocenters. The van der Waals surface area contributed by atoms with Crippen LogP contribution in [0, 0.1) is 5.41 Å². The molecule has 7 heteroatoms. The quantitative estimate of drug-likeness (QED) is 0.190. The number of imidazole rings is 1. The van der Waals surface area contributed by atoms with E-state index in [0.717, 1.165) is 81.8 Å². The summed E-state index contributed by atoms with van der Waals surface area (Å²) < 4.78 is 2.29. The molecule has 0 bridgehead atoms. The van der Waals surface area contributed by atoms with Gasteiger partial charge in [-0.2, -0.15) is 0 Å². The fourth-order valence-corrected chi connectivity index (χ4v) is 7.19. The van der Waals surface area contributed by atoms with Crippen LogP contribution in [-0.4, -0.2) is 62.5 Å². The minimum Gasteiger partial charge on any atom is -0.353 e. The van der Waals surface area contributed by atoms with Gasteiger partial charge in [0.1, 0.15) is 0 Å². The highest BCUT2D eigenvalue weighted by Gasteiger charge is 2.46. The molecule has 0 spiro atoms. The number of anilines is 1. The fourth-order valence-electron chi connectivity index (χ4n) is 7.19. The van der Waals surface area contributed by atoms with Crippen molar-refractivity contribution in [3.05, 3.63) is 126 Å². The van der Waals surface area contributed by atoms with E-state index in [1.807, 2.05) is 18.5 Å². The molecule has 0 aliphatic carbocycles. The molecule has 1 amide bonds. The number of benzene rings is 3. The van der Waals surface area contributed by atoms with E-state index in [4.69, 9.17) is 4.98 Å². The van der Waals surface area contributed by atoms with Crippen molar-refractivity contribution in [3.8, 4) is 0 Å². The van der Waals surface area contributed by atoms with Gasteiger partial charge in [0.05, 0.1) is 23.0 Å². The molecular formula is C38H42N6O. The minimum atomic E-state index is -0.344. The number of likely N-dealkylation sites (tertiary alicyclic amines) is 2. The van der Waals surface area contributed by atoms with Gasteiger partial charge in [0.2, 0.25) is 11.9 Å². The van der Waals surface area contributed by atoms with Crippen molar-refractivity contribution in [3.63, 3.8) is 0 Å². The second-order valence-electron chi connectivity index (χ2n) is 12.8. The number of fused-ring (bicyclic) bond motifs is 1. The van der Waals surface area contributed by atoms with Crippen LogP contribution in [0.4, 0.5) is 5.95 Å². The number of carbonyl (C=O) groups is 1. The third kappa shape index (κ3) is 6.64. The van der Waals surface area contributed by atoms with E-state index in [1.54, 1.807) is 0 Å². The maximum Gasteiger partial charge on any atom is 0.229 e. The number of carbonyl (C=O) groups excluding carboxylic acids is 1. The zero-order valence-corrected chi connectivity index (χ0v) is 25.9. The molecule has 7 nitrogen and oxygen atoms in total. The maximum atomic E-state index is 14.1.